The summed E-state index contributed by atoms with van der Waals surface area (Å²) in [6.07, 6.45) is 2.02. The van der Waals surface area contributed by atoms with Crippen LogP contribution in [0.3, 0.4) is 0 Å². The van der Waals surface area contributed by atoms with E-state index in [1.807, 2.05) is 12.1 Å². The van der Waals surface area contributed by atoms with Gasteiger partial charge in [0, 0.05) is 15.6 Å². The Bertz CT molecular complexity index is 274. The number of rotatable bonds is 3. The lowest BCUT2D eigenvalue weighted by Gasteiger charge is -2.06. The van der Waals surface area contributed by atoms with Crippen molar-refractivity contribution in [3.05, 3.63) is 33.3 Å². The van der Waals surface area contributed by atoms with Gasteiger partial charge in [-0.25, -0.2) is 0 Å². The van der Waals surface area contributed by atoms with Crippen LogP contribution in [0.1, 0.15) is 24.5 Å². The van der Waals surface area contributed by atoms with Gasteiger partial charge in [-0.1, -0.05) is 36.5 Å². The lowest BCUT2D eigenvalue weighted by Crippen LogP contribution is -1.91. The average Bonchev–Trinajstić information content (AvgIpc) is 2.04. The Morgan fingerprint density at radius 2 is 1.77 bits per heavy atom. The van der Waals surface area contributed by atoms with Crippen LogP contribution in [0, 0.1) is 0 Å². The van der Waals surface area contributed by atoms with E-state index >= 15 is 0 Å². The van der Waals surface area contributed by atoms with Crippen LogP contribution < -0.4 is 0 Å². The highest BCUT2D eigenvalue weighted by Crippen LogP contribution is 2.27. The summed E-state index contributed by atoms with van der Waals surface area (Å²) in [6.45, 7) is 1.99. The van der Waals surface area contributed by atoms with Gasteiger partial charge in [-0.05, 0) is 24.1 Å². The number of aryl methyl sites for hydroxylation is 1. The molecule has 72 valence electrons. The summed E-state index contributed by atoms with van der Waals surface area (Å²) < 4.78 is 0. The number of aliphatic hydroxyl groups excluding tert-OH is 1. The molecule has 0 heterocycles. The van der Waals surface area contributed by atoms with Crippen LogP contribution in [0.4, 0.5) is 0 Å². The largest absolute Gasteiger partial charge is 0.392 e. The number of hydrogen-bond donors (Lipinski definition) is 1. The standard InChI is InChI=1S/C10H12Cl2O/c1-2-3-7-4-9(11)8(6-13)10(12)5-7/h4-5,13H,2-3,6H2,1H3. The van der Waals surface area contributed by atoms with Crippen molar-refractivity contribution in [1.29, 1.82) is 0 Å². The van der Waals surface area contributed by atoms with E-state index in [2.05, 4.69) is 6.92 Å². The Kier molecular flexibility index (Phi) is 4.04. The first-order valence-corrected chi connectivity index (χ1v) is 5.02. The third-order valence-corrected chi connectivity index (χ3v) is 2.57. The minimum Gasteiger partial charge on any atom is -0.392 e. The fraction of sp³-hybridized carbons (Fsp3) is 0.400. The highest BCUT2D eigenvalue weighted by Gasteiger charge is 2.06. The summed E-state index contributed by atoms with van der Waals surface area (Å²) in [5, 5.41) is 10.1. The van der Waals surface area contributed by atoms with Crippen LogP contribution >= 0.6 is 23.2 Å². The Morgan fingerprint density at radius 1 is 1.23 bits per heavy atom. The van der Waals surface area contributed by atoms with Crippen molar-refractivity contribution in [2.24, 2.45) is 0 Å². The molecule has 0 unspecified atom stereocenters. The summed E-state index contributed by atoms with van der Waals surface area (Å²) in [5.74, 6) is 0. The third-order valence-electron chi connectivity index (χ3n) is 1.90. The van der Waals surface area contributed by atoms with Gasteiger partial charge in [0.05, 0.1) is 6.61 Å². The van der Waals surface area contributed by atoms with Crippen LogP contribution in [0.5, 0.6) is 0 Å². The lowest BCUT2D eigenvalue weighted by atomic mass is 10.1. The van der Waals surface area contributed by atoms with E-state index in [1.165, 1.54) is 0 Å². The molecule has 3 heteroatoms. The summed E-state index contributed by atoms with van der Waals surface area (Å²) in [5.41, 5.74) is 1.73. The molecule has 0 fully saturated rings. The second-order valence-electron chi connectivity index (χ2n) is 2.95. The molecule has 1 aromatic rings. The zero-order valence-corrected chi connectivity index (χ0v) is 8.99. The van der Waals surface area contributed by atoms with Crippen LogP contribution in [0.15, 0.2) is 12.1 Å². The fourth-order valence-corrected chi connectivity index (χ4v) is 1.89. The average molecular weight is 219 g/mol. The van der Waals surface area contributed by atoms with Gasteiger partial charge in [0.1, 0.15) is 0 Å². The normalized spacial score (nSPS) is 10.5. The van der Waals surface area contributed by atoms with E-state index in [0.29, 0.717) is 15.6 Å². The van der Waals surface area contributed by atoms with Crippen molar-refractivity contribution in [1.82, 2.24) is 0 Å². The molecule has 1 aromatic carbocycles. The summed E-state index contributed by atoms with van der Waals surface area (Å²) >= 11 is 11.9. The van der Waals surface area contributed by atoms with Crippen LogP contribution in [-0.4, -0.2) is 5.11 Å². The third kappa shape index (κ3) is 2.60. The highest BCUT2D eigenvalue weighted by atomic mass is 35.5. The Hall–Kier alpha value is -0.240. The van der Waals surface area contributed by atoms with Gasteiger partial charge in [0.2, 0.25) is 0 Å². The highest BCUT2D eigenvalue weighted by molar-refractivity contribution is 6.36. The van der Waals surface area contributed by atoms with Gasteiger partial charge >= 0.3 is 0 Å². The molecule has 0 saturated heterocycles. The maximum Gasteiger partial charge on any atom is 0.0711 e. The molecule has 0 radical (unpaired) electrons. The van der Waals surface area contributed by atoms with Crippen molar-refractivity contribution in [2.75, 3.05) is 0 Å². The van der Waals surface area contributed by atoms with E-state index < -0.39 is 0 Å². The minimum atomic E-state index is -0.107. The molecule has 0 atom stereocenters. The quantitative estimate of drug-likeness (QED) is 0.825. The first-order valence-electron chi connectivity index (χ1n) is 4.26. The molecule has 0 spiro atoms. The number of halogens is 2. The molecule has 13 heavy (non-hydrogen) atoms. The number of aliphatic hydroxyl groups is 1. The monoisotopic (exact) mass is 218 g/mol. The SMILES string of the molecule is CCCc1cc(Cl)c(CO)c(Cl)c1. The molecule has 1 nitrogen and oxygen atoms in total. The zero-order chi connectivity index (χ0) is 9.84. The predicted molar refractivity (Wildman–Crippen MR) is 56.4 cm³/mol. The van der Waals surface area contributed by atoms with E-state index in [0.717, 1.165) is 18.4 Å². The molecular formula is C10H12Cl2O. The molecule has 0 amide bonds. The van der Waals surface area contributed by atoms with E-state index in [1.54, 1.807) is 0 Å². The molecule has 1 rings (SSSR count). The molecule has 1 N–H and O–H groups in total. The first kappa shape index (κ1) is 10.8. The summed E-state index contributed by atoms with van der Waals surface area (Å²) in [4.78, 5) is 0. The second-order valence-corrected chi connectivity index (χ2v) is 3.76. The number of hydrogen-bond acceptors (Lipinski definition) is 1. The predicted octanol–water partition coefficient (Wildman–Crippen LogP) is 3.44. The Morgan fingerprint density at radius 3 is 2.15 bits per heavy atom. The maximum atomic E-state index is 8.95. The molecule has 0 aliphatic carbocycles. The van der Waals surface area contributed by atoms with Gasteiger partial charge < -0.3 is 5.11 Å². The van der Waals surface area contributed by atoms with Gasteiger partial charge in [-0.2, -0.15) is 0 Å². The smallest absolute Gasteiger partial charge is 0.0711 e. The molecule has 0 saturated carbocycles. The van der Waals surface area contributed by atoms with Crippen LogP contribution in [0.25, 0.3) is 0 Å². The van der Waals surface area contributed by atoms with Crippen molar-refractivity contribution < 1.29 is 5.11 Å². The van der Waals surface area contributed by atoms with Crippen molar-refractivity contribution >= 4 is 23.2 Å². The molecule has 0 aromatic heterocycles. The fourth-order valence-electron chi connectivity index (χ4n) is 1.24. The molecule has 0 aliphatic heterocycles. The van der Waals surface area contributed by atoms with E-state index in [-0.39, 0.29) is 6.61 Å². The molecule has 0 bridgehead atoms. The van der Waals surface area contributed by atoms with Gasteiger partial charge in [-0.3, -0.25) is 0 Å². The first-order chi connectivity index (χ1) is 6.19. The van der Waals surface area contributed by atoms with Gasteiger partial charge in [0.25, 0.3) is 0 Å². The summed E-state index contributed by atoms with van der Waals surface area (Å²) in [7, 11) is 0. The molecule has 0 aliphatic rings. The Labute approximate surface area is 88.3 Å². The topological polar surface area (TPSA) is 20.2 Å². The van der Waals surface area contributed by atoms with Crippen molar-refractivity contribution in [3.8, 4) is 0 Å². The number of benzene rings is 1. The van der Waals surface area contributed by atoms with Crippen LogP contribution in [0.2, 0.25) is 10.0 Å². The van der Waals surface area contributed by atoms with Crippen molar-refractivity contribution in [3.63, 3.8) is 0 Å². The Balaban J connectivity index is 3.05. The van der Waals surface area contributed by atoms with E-state index in [9.17, 15) is 0 Å². The lowest BCUT2D eigenvalue weighted by molar-refractivity contribution is 0.282. The minimum absolute atomic E-state index is 0.107. The molecular weight excluding hydrogens is 207 g/mol. The van der Waals surface area contributed by atoms with Gasteiger partial charge in [-0.15, -0.1) is 0 Å². The summed E-state index contributed by atoms with van der Waals surface area (Å²) in [6, 6.07) is 3.73. The zero-order valence-electron chi connectivity index (χ0n) is 7.48. The maximum absolute atomic E-state index is 8.95. The van der Waals surface area contributed by atoms with Crippen molar-refractivity contribution in [2.45, 2.75) is 26.4 Å². The van der Waals surface area contributed by atoms with Crippen LogP contribution in [-0.2, 0) is 13.0 Å². The van der Waals surface area contributed by atoms with E-state index in [4.69, 9.17) is 28.3 Å². The van der Waals surface area contributed by atoms with Gasteiger partial charge in [0.15, 0.2) is 0 Å². The second kappa shape index (κ2) is 4.85.